The van der Waals surface area contributed by atoms with Crippen molar-refractivity contribution in [1.29, 1.82) is 0 Å². The highest BCUT2D eigenvalue weighted by atomic mass is 35.5. The summed E-state index contributed by atoms with van der Waals surface area (Å²) in [5.74, 6) is 4.71. The highest BCUT2D eigenvalue weighted by Gasteiger charge is 2.22. The minimum absolute atomic E-state index is 0.0847. The van der Waals surface area contributed by atoms with E-state index in [-0.39, 0.29) is 18.7 Å². The van der Waals surface area contributed by atoms with Gasteiger partial charge in [0.1, 0.15) is 0 Å². The molecule has 1 nitrogen and oxygen atoms in total. The van der Waals surface area contributed by atoms with Crippen molar-refractivity contribution >= 4 is 11.6 Å². The number of halogens is 1. The predicted molar refractivity (Wildman–Crippen MR) is 42.6 cm³/mol. The average molecular weight is 157 g/mol. The molecule has 0 aromatic carbocycles. The van der Waals surface area contributed by atoms with Gasteiger partial charge in [0.05, 0.1) is 11.5 Å². The molecule has 0 rings (SSSR count). The number of terminal acetylenes is 2. The normalized spacial score (nSPS) is 10.0. The molecule has 0 atom stereocenters. The SMILES string of the molecule is C#CCC(O)(CCl)CC#C. The highest BCUT2D eigenvalue weighted by Crippen LogP contribution is 2.15. The van der Waals surface area contributed by atoms with Crippen molar-refractivity contribution in [3.63, 3.8) is 0 Å². The third-order valence-electron chi connectivity index (χ3n) is 1.11. The third kappa shape index (κ3) is 2.78. The van der Waals surface area contributed by atoms with Gasteiger partial charge in [-0.1, -0.05) is 0 Å². The largest absolute Gasteiger partial charge is 0.387 e. The van der Waals surface area contributed by atoms with Crippen molar-refractivity contribution in [2.45, 2.75) is 18.4 Å². The molecule has 0 bridgehead atoms. The first-order valence-electron chi connectivity index (χ1n) is 2.84. The second-order valence-electron chi connectivity index (χ2n) is 2.12. The van der Waals surface area contributed by atoms with Crippen LogP contribution in [-0.2, 0) is 0 Å². The van der Waals surface area contributed by atoms with Crippen LogP contribution in [0.5, 0.6) is 0 Å². The summed E-state index contributed by atoms with van der Waals surface area (Å²) in [7, 11) is 0. The molecule has 0 saturated heterocycles. The Morgan fingerprint density at radius 3 is 1.90 bits per heavy atom. The van der Waals surface area contributed by atoms with Crippen molar-refractivity contribution in [3.05, 3.63) is 0 Å². The van der Waals surface area contributed by atoms with Crippen molar-refractivity contribution in [1.82, 2.24) is 0 Å². The fourth-order valence-corrected chi connectivity index (χ4v) is 0.726. The van der Waals surface area contributed by atoms with Gasteiger partial charge in [0.15, 0.2) is 0 Å². The Morgan fingerprint density at radius 2 is 1.70 bits per heavy atom. The lowest BCUT2D eigenvalue weighted by atomic mass is 9.99. The fourth-order valence-electron chi connectivity index (χ4n) is 0.537. The molecular weight excluding hydrogens is 148 g/mol. The second kappa shape index (κ2) is 4.23. The van der Waals surface area contributed by atoms with E-state index >= 15 is 0 Å². The monoisotopic (exact) mass is 156 g/mol. The molecule has 1 N–H and O–H groups in total. The van der Waals surface area contributed by atoms with Gasteiger partial charge in [-0.25, -0.2) is 0 Å². The molecule has 0 aliphatic heterocycles. The molecule has 0 fully saturated rings. The first-order chi connectivity index (χ1) is 4.68. The van der Waals surface area contributed by atoms with Crippen molar-refractivity contribution in [2.75, 3.05) is 5.88 Å². The van der Waals surface area contributed by atoms with E-state index in [0.29, 0.717) is 0 Å². The Morgan fingerprint density at radius 1 is 1.30 bits per heavy atom. The van der Waals surface area contributed by atoms with E-state index in [1.54, 1.807) is 0 Å². The van der Waals surface area contributed by atoms with Crippen LogP contribution in [0.3, 0.4) is 0 Å². The Kier molecular flexibility index (Phi) is 3.96. The van der Waals surface area contributed by atoms with E-state index in [1.165, 1.54) is 0 Å². The van der Waals surface area contributed by atoms with Crippen molar-refractivity contribution < 1.29 is 5.11 Å². The Hall–Kier alpha value is -0.630. The maximum Gasteiger partial charge on any atom is 0.0999 e. The zero-order chi connectivity index (χ0) is 8.04. The maximum absolute atomic E-state index is 9.40. The summed E-state index contributed by atoms with van der Waals surface area (Å²) in [4.78, 5) is 0. The maximum atomic E-state index is 9.40. The molecule has 0 aromatic heterocycles. The number of alkyl halides is 1. The molecule has 0 saturated carbocycles. The molecular formula is C8H9ClO. The summed E-state index contributed by atoms with van der Waals surface area (Å²) in [5, 5.41) is 9.40. The van der Waals surface area contributed by atoms with Gasteiger partial charge in [0.25, 0.3) is 0 Å². The van der Waals surface area contributed by atoms with E-state index in [9.17, 15) is 5.11 Å². The summed E-state index contributed by atoms with van der Waals surface area (Å²) in [5.41, 5.74) is -1.06. The van der Waals surface area contributed by atoms with Crippen LogP contribution in [0.15, 0.2) is 0 Å². The van der Waals surface area contributed by atoms with E-state index in [1.807, 2.05) is 0 Å². The average Bonchev–Trinajstić information content (AvgIpc) is 1.89. The molecule has 0 heterocycles. The Labute approximate surface area is 66.4 Å². The minimum atomic E-state index is -1.06. The summed E-state index contributed by atoms with van der Waals surface area (Å²) in [6, 6.07) is 0. The number of hydrogen-bond acceptors (Lipinski definition) is 1. The molecule has 54 valence electrons. The number of hydrogen-bond donors (Lipinski definition) is 1. The molecule has 0 radical (unpaired) electrons. The first-order valence-corrected chi connectivity index (χ1v) is 3.37. The molecule has 0 aliphatic carbocycles. The van der Waals surface area contributed by atoms with E-state index in [4.69, 9.17) is 24.4 Å². The van der Waals surface area contributed by atoms with Gasteiger partial charge in [-0.15, -0.1) is 36.3 Å². The molecule has 2 heteroatoms. The highest BCUT2D eigenvalue weighted by molar-refractivity contribution is 6.18. The standard InChI is InChI=1S/C8H9ClO/c1-3-5-8(10,7-9)6-4-2/h1-2,10H,5-7H2. The molecule has 0 aliphatic rings. The van der Waals surface area contributed by atoms with Crippen LogP contribution in [0.2, 0.25) is 0 Å². The van der Waals surface area contributed by atoms with Crippen LogP contribution < -0.4 is 0 Å². The summed E-state index contributed by atoms with van der Waals surface area (Å²) >= 11 is 5.43. The van der Waals surface area contributed by atoms with Crippen LogP contribution in [0.1, 0.15) is 12.8 Å². The topological polar surface area (TPSA) is 20.2 Å². The number of rotatable bonds is 3. The zero-order valence-corrected chi connectivity index (χ0v) is 6.36. The Bertz CT molecular complexity index is 157. The van der Waals surface area contributed by atoms with Gasteiger partial charge in [0.2, 0.25) is 0 Å². The second-order valence-corrected chi connectivity index (χ2v) is 2.39. The minimum Gasteiger partial charge on any atom is -0.387 e. The molecule has 0 spiro atoms. The van der Waals surface area contributed by atoms with E-state index in [2.05, 4.69) is 11.8 Å². The van der Waals surface area contributed by atoms with Gasteiger partial charge >= 0.3 is 0 Å². The number of aliphatic hydroxyl groups is 1. The lowest BCUT2D eigenvalue weighted by molar-refractivity contribution is 0.0748. The first kappa shape index (κ1) is 9.37. The molecule has 0 aromatic rings. The van der Waals surface area contributed by atoms with Crippen LogP contribution >= 0.6 is 11.6 Å². The Balaban J connectivity index is 4.00. The smallest absolute Gasteiger partial charge is 0.0999 e. The molecule has 0 amide bonds. The van der Waals surface area contributed by atoms with Crippen LogP contribution in [0.4, 0.5) is 0 Å². The fraction of sp³-hybridized carbons (Fsp3) is 0.500. The molecule has 10 heavy (non-hydrogen) atoms. The van der Waals surface area contributed by atoms with Crippen LogP contribution in [0.25, 0.3) is 0 Å². The van der Waals surface area contributed by atoms with Crippen LogP contribution in [0, 0.1) is 24.7 Å². The van der Waals surface area contributed by atoms with Gasteiger partial charge in [-0.05, 0) is 0 Å². The lowest BCUT2D eigenvalue weighted by Gasteiger charge is -2.19. The van der Waals surface area contributed by atoms with E-state index in [0.717, 1.165) is 0 Å². The predicted octanol–water partition coefficient (Wildman–Crippen LogP) is 1.00. The summed E-state index contributed by atoms with van der Waals surface area (Å²) < 4.78 is 0. The zero-order valence-electron chi connectivity index (χ0n) is 5.60. The lowest BCUT2D eigenvalue weighted by Crippen LogP contribution is -2.29. The van der Waals surface area contributed by atoms with E-state index < -0.39 is 5.60 Å². The summed E-state index contributed by atoms with van der Waals surface area (Å²) in [6.45, 7) is 0. The van der Waals surface area contributed by atoms with Gasteiger partial charge < -0.3 is 5.11 Å². The third-order valence-corrected chi connectivity index (χ3v) is 1.61. The van der Waals surface area contributed by atoms with Gasteiger partial charge in [-0.2, -0.15) is 0 Å². The van der Waals surface area contributed by atoms with Crippen molar-refractivity contribution in [2.24, 2.45) is 0 Å². The summed E-state index contributed by atoms with van der Waals surface area (Å²) in [6.07, 6.45) is 10.4. The molecule has 0 unspecified atom stereocenters. The van der Waals surface area contributed by atoms with Crippen molar-refractivity contribution in [3.8, 4) is 24.7 Å². The van der Waals surface area contributed by atoms with Gasteiger partial charge in [0, 0.05) is 12.8 Å². The quantitative estimate of drug-likeness (QED) is 0.478. The van der Waals surface area contributed by atoms with Gasteiger partial charge in [-0.3, -0.25) is 0 Å². The van der Waals surface area contributed by atoms with Crippen LogP contribution in [-0.4, -0.2) is 16.6 Å².